The number of halogens is 1. The van der Waals surface area contributed by atoms with E-state index in [4.69, 9.17) is 10.00 Å². The number of ether oxygens (including phenoxy) is 1. The van der Waals surface area contributed by atoms with Gasteiger partial charge in [-0.2, -0.15) is 5.26 Å². The maximum Gasteiger partial charge on any atom is 0.141 e. The summed E-state index contributed by atoms with van der Waals surface area (Å²) in [5.74, 6) is 0.00771. The Morgan fingerprint density at radius 2 is 2.10 bits per heavy atom. The van der Waals surface area contributed by atoms with Gasteiger partial charge in [-0.05, 0) is 37.5 Å². The number of hydrogen-bond donors (Lipinski definition) is 2. The van der Waals surface area contributed by atoms with Crippen molar-refractivity contribution in [1.29, 1.82) is 5.26 Å². The number of rotatable bonds is 8. The van der Waals surface area contributed by atoms with Gasteiger partial charge in [-0.15, -0.1) is 0 Å². The minimum absolute atomic E-state index is 0.0173. The van der Waals surface area contributed by atoms with Gasteiger partial charge in [0.05, 0.1) is 24.4 Å². The predicted octanol–water partition coefficient (Wildman–Crippen LogP) is 2.92. The summed E-state index contributed by atoms with van der Waals surface area (Å²) >= 11 is 0. The van der Waals surface area contributed by atoms with Crippen molar-refractivity contribution in [3.05, 3.63) is 29.6 Å². The van der Waals surface area contributed by atoms with Gasteiger partial charge in [0, 0.05) is 12.2 Å². The van der Waals surface area contributed by atoms with Crippen LogP contribution in [0.15, 0.2) is 18.2 Å². The molecule has 4 nitrogen and oxygen atoms in total. The molecular weight excluding hydrogens is 271 g/mol. The summed E-state index contributed by atoms with van der Waals surface area (Å²) in [5, 5.41) is 21.6. The van der Waals surface area contributed by atoms with Crippen molar-refractivity contribution in [2.45, 2.75) is 39.4 Å². The van der Waals surface area contributed by atoms with Crippen molar-refractivity contribution in [2.24, 2.45) is 5.92 Å². The van der Waals surface area contributed by atoms with Crippen LogP contribution in [0, 0.1) is 23.1 Å². The van der Waals surface area contributed by atoms with Gasteiger partial charge in [0.15, 0.2) is 0 Å². The summed E-state index contributed by atoms with van der Waals surface area (Å²) in [5.41, 5.74) is 0.582. The molecule has 21 heavy (non-hydrogen) atoms. The molecule has 1 aromatic rings. The second kappa shape index (κ2) is 8.60. The van der Waals surface area contributed by atoms with E-state index in [0.29, 0.717) is 11.6 Å². The molecule has 0 spiro atoms. The highest BCUT2D eigenvalue weighted by Crippen LogP contribution is 2.14. The highest BCUT2D eigenvalue weighted by atomic mass is 19.1. The summed E-state index contributed by atoms with van der Waals surface area (Å²) in [6.45, 7) is 6.76. The first kappa shape index (κ1) is 17.4. The number of aliphatic hydroxyl groups is 1. The lowest BCUT2D eigenvalue weighted by molar-refractivity contribution is -0.00443. The first-order chi connectivity index (χ1) is 9.92. The van der Waals surface area contributed by atoms with Crippen LogP contribution in [-0.4, -0.2) is 30.5 Å². The normalized spacial score (nSPS) is 13.8. The third-order valence-electron chi connectivity index (χ3n) is 3.01. The Balaban J connectivity index is 2.36. The smallest absolute Gasteiger partial charge is 0.141 e. The van der Waals surface area contributed by atoms with Crippen molar-refractivity contribution in [3.8, 4) is 6.07 Å². The van der Waals surface area contributed by atoms with Gasteiger partial charge in [-0.3, -0.25) is 0 Å². The molecule has 0 saturated carbocycles. The van der Waals surface area contributed by atoms with Gasteiger partial charge < -0.3 is 15.2 Å². The van der Waals surface area contributed by atoms with Gasteiger partial charge in [0.25, 0.3) is 0 Å². The Bertz CT molecular complexity index is 486. The van der Waals surface area contributed by atoms with Crippen molar-refractivity contribution in [2.75, 3.05) is 18.5 Å². The van der Waals surface area contributed by atoms with E-state index >= 15 is 0 Å². The van der Waals surface area contributed by atoms with E-state index in [1.165, 1.54) is 18.2 Å². The summed E-state index contributed by atoms with van der Waals surface area (Å²) < 4.78 is 18.7. The largest absolute Gasteiger partial charge is 0.389 e. The lowest BCUT2D eigenvalue weighted by atomic mass is 10.1. The maximum atomic E-state index is 13.2. The SMILES string of the molecule is CC(C)CC(C)OCC(O)CNc1ccc(F)c(C#N)c1. The summed E-state index contributed by atoms with van der Waals surface area (Å²) in [6, 6.07) is 5.96. The molecule has 2 N–H and O–H groups in total. The van der Waals surface area contributed by atoms with Crippen LogP contribution in [0.4, 0.5) is 10.1 Å². The molecule has 0 radical (unpaired) electrons. The molecule has 5 heteroatoms. The lowest BCUT2D eigenvalue weighted by Crippen LogP contribution is -2.27. The number of nitrogens with zero attached hydrogens (tertiary/aromatic N) is 1. The van der Waals surface area contributed by atoms with Crippen LogP contribution in [0.1, 0.15) is 32.8 Å². The zero-order chi connectivity index (χ0) is 15.8. The second-order valence-corrected chi connectivity index (χ2v) is 5.61. The molecule has 2 unspecified atom stereocenters. The van der Waals surface area contributed by atoms with E-state index < -0.39 is 11.9 Å². The number of hydrogen-bond acceptors (Lipinski definition) is 4. The zero-order valence-corrected chi connectivity index (χ0v) is 12.8. The number of anilines is 1. The topological polar surface area (TPSA) is 65.3 Å². The minimum Gasteiger partial charge on any atom is -0.389 e. The third-order valence-corrected chi connectivity index (χ3v) is 3.01. The number of aliphatic hydroxyl groups excluding tert-OH is 1. The molecule has 0 aliphatic rings. The Hall–Kier alpha value is -1.64. The monoisotopic (exact) mass is 294 g/mol. The van der Waals surface area contributed by atoms with E-state index in [1.807, 2.05) is 6.92 Å². The highest BCUT2D eigenvalue weighted by Gasteiger charge is 2.10. The summed E-state index contributed by atoms with van der Waals surface area (Å²) in [7, 11) is 0. The summed E-state index contributed by atoms with van der Waals surface area (Å²) in [4.78, 5) is 0. The third kappa shape index (κ3) is 6.56. The molecule has 0 aliphatic carbocycles. The molecule has 2 atom stereocenters. The first-order valence-electron chi connectivity index (χ1n) is 7.15. The molecule has 0 saturated heterocycles. The molecule has 0 aliphatic heterocycles. The van der Waals surface area contributed by atoms with Crippen LogP contribution in [0.2, 0.25) is 0 Å². The Labute approximate surface area is 125 Å². The Morgan fingerprint density at radius 3 is 2.71 bits per heavy atom. The highest BCUT2D eigenvalue weighted by molar-refractivity contribution is 5.49. The Kier molecular flexibility index (Phi) is 7.13. The minimum atomic E-state index is -0.657. The molecule has 0 heterocycles. The number of nitrogens with one attached hydrogen (secondary N) is 1. The van der Waals surface area contributed by atoms with Gasteiger partial charge in [-0.25, -0.2) is 4.39 Å². The van der Waals surface area contributed by atoms with Crippen LogP contribution >= 0.6 is 0 Å². The van der Waals surface area contributed by atoms with E-state index in [1.54, 1.807) is 6.07 Å². The fourth-order valence-corrected chi connectivity index (χ4v) is 2.02. The molecule has 0 fully saturated rings. The molecule has 1 rings (SSSR count). The molecule has 0 amide bonds. The van der Waals surface area contributed by atoms with E-state index in [9.17, 15) is 9.50 Å². The van der Waals surface area contributed by atoms with Crippen molar-refractivity contribution >= 4 is 5.69 Å². The van der Waals surface area contributed by atoms with Gasteiger partial charge in [-0.1, -0.05) is 13.8 Å². The van der Waals surface area contributed by atoms with Crippen molar-refractivity contribution < 1.29 is 14.2 Å². The fourth-order valence-electron chi connectivity index (χ4n) is 2.02. The van der Waals surface area contributed by atoms with Gasteiger partial charge >= 0.3 is 0 Å². The molecule has 0 bridgehead atoms. The molecule has 0 aromatic heterocycles. The van der Waals surface area contributed by atoms with E-state index in [0.717, 1.165) is 6.42 Å². The Morgan fingerprint density at radius 1 is 1.38 bits per heavy atom. The zero-order valence-electron chi connectivity index (χ0n) is 12.8. The van der Waals surface area contributed by atoms with Gasteiger partial charge in [0.1, 0.15) is 11.9 Å². The average Bonchev–Trinajstić information content (AvgIpc) is 2.43. The van der Waals surface area contributed by atoms with E-state index in [2.05, 4.69) is 19.2 Å². The van der Waals surface area contributed by atoms with Crippen LogP contribution in [0.25, 0.3) is 0 Å². The second-order valence-electron chi connectivity index (χ2n) is 5.61. The predicted molar refractivity (Wildman–Crippen MR) is 80.5 cm³/mol. The number of nitriles is 1. The fraction of sp³-hybridized carbons (Fsp3) is 0.562. The van der Waals surface area contributed by atoms with Crippen molar-refractivity contribution in [3.63, 3.8) is 0 Å². The number of benzene rings is 1. The molecule has 1 aromatic carbocycles. The maximum absolute atomic E-state index is 13.2. The van der Waals surface area contributed by atoms with Crippen LogP contribution in [0.5, 0.6) is 0 Å². The van der Waals surface area contributed by atoms with Crippen LogP contribution in [-0.2, 0) is 4.74 Å². The average molecular weight is 294 g/mol. The van der Waals surface area contributed by atoms with Crippen LogP contribution in [0.3, 0.4) is 0 Å². The summed E-state index contributed by atoms with van der Waals surface area (Å²) in [6.07, 6.45) is 0.398. The molecule has 116 valence electrons. The van der Waals surface area contributed by atoms with E-state index in [-0.39, 0.29) is 24.8 Å². The standard InChI is InChI=1S/C16H23FN2O2/c1-11(2)6-12(3)21-10-15(20)9-19-14-4-5-16(17)13(7-14)8-18/h4-5,7,11-12,15,19-20H,6,9-10H2,1-3H3. The van der Waals surface area contributed by atoms with Crippen LogP contribution < -0.4 is 5.32 Å². The molecular formula is C16H23FN2O2. The quantitative estimate of drug-likeness (QED) is 0.773. The lowest BCUT2D eigenvalue weighted by Gasteiger charge is -2.18. The first-order valence-corrected chi connectivity index (χ1v) is 7.15. The van der Waals surface area contributed by atoms with Gasteiger partial charge in [0.2, 0.25) is 0 Å². The van der Waals surface area contributed by atoms with Crippen molar-refractivity contribution in [1.82, 2.24) is 0 Å².